The molecule has 1 rings (SSSR count). The third-order valence-electron chi connectivity index (χ3n) is 1.83. The van der Waals surface area contributed by atoms with Crippen LogP contribution in [0.25, 0.3) is 0 Å². The van der Waals surface area contributed by atoms with Gasteiger partial charge in [-0.1, -0.05) is 6.08 Å². The Morgan fingerprint density at radius 1 is 1.64 bits per heavy atom. The van der Waals surface area contributed by atoms with Crippen LogP contribution in [0.1, 0.15) is 6.42 Å². The summed E-state index contributed by atoms with van der Waals surface area (Å²) in [5.41, 5.74) is 0. The summed E-state index contributed by atoms with van der Waals surface area (Å²) in [6.45, 7) is 1.65. The average Bonchev–Trinajstić information content (AvgIpc) is 2.92. The monoisotopic (exact) mass is 214 g/mol. The van der Waals surface area contributed by atoms with Crippen LogP contribution in [0.2, 0.25) is 0 Å². The van der Waals surface area contributed by atoms with Crippen molar-refractivity contribution in [1.82, 2.24) is 4.90 Å². The van der Waals surface area contributed by atoms with Gasteiger partial charge in [-0.05, 0) is 26.6 Å². The Bertz CT molecular complexity index is 212. The molecule has 0 aromatic rings. The minimum Gasteiger partial charge on any atom is -0.478 e. The zero-order valence-corrected chi connectivity index (χ0v) is 9.64. The van der Waals surface area contributed by atoms with Crippen LogP contribution < -0.4 is 0 Å². The van der Waals surface area contributed by atoms with Gasteiger partial charge in [0.05, 0.1) is 6.61 Å². The van der Waals surface area contributed by atoms with Gasteiger partial charge in [-0.2, -0.15) is 11.8 Å². The highest BCUT2D eigenvalue weighted by Crippen LogP contribution is 2.30. The van der Waals surface area contributed by atoms with Gasteiger partial charge in [0.2, 0.25) is 5.90 Å². The van der Waals surface area contributed by atoms with Gasteiger partial charge >= 0.3 is 0 Å². The first-order chi connectivity index (χ1) is 6.68. The van der Waals surface area contributed by atoms with E-state index in [1.54, 1.807) is 6.08 Å². The maximum absolute atomic E-state index is 7.46. The third kappa shape index (κ3) is 6.05. The molecule has 80 valence electrons. The van der Waals surface area contributed by atoms with Crippen molar-refractivity contribution in [2.75, 3.05) is 33.0 Å². The molecule has 0 radical (unpaired) electrons. The van der Waals surface area contributed by atoms with Crippen molar-refractivity contribution in [3.8, 4) is 0 Å². The van der Waals surface area contributed by atoms with Crippen LogP contribution in [0.4, 0.5) is 0 Å². The lowest BCUT2D eigenvalue weighted by Crippen LogP contribution is -2.15. The number of nitrogens with zero attached hydrogens (tertiary/aromatic N) is 1. The van der Waals surface area contributed by atoms with E-state index in [0.29, 0.717) is 11.9 Å². The largest absolute Gasteiger partial charge is 0.478 e. The van der Waals surface area contributed by atoms with E-state index >= 15 is 0 Å². The molecular weight excluding hydrogens is 196 g/mol. The van der Waals surface area contributed by atoms with Crippen molar-refractivity contribution in [3.05, 3.63) is 12.2 Å². The van der Waals surface area contributed by atoms with Crippen molar-refractivity contribution >= 4 is 17.7 Å². The Morgan fingerprint density at radius 3 is 2.93 bits per heavy atom. The Labute approximate surface area is 90.0 Å². The second-order valence-corrected chi connectivity index (χ2v) is 4.87. The molecule has 0 bridgehead atoms. The fourth-order valence-corrected chi connectivity index (χ4v) is 1.38. The number of rotatable bonds is 6. The molecule has 0 aromatic carbocycles. The van der Waals surface area contributed by atoms with E-state index in [1.165, 1.54) is 5.75 Å². The van der Waals surface area contributed by atoms with E-state index in [0.717, 1.165) is 13.0 Å². The lowest BCUT2D eigenvalue weighted by molar-refractivity contribution is 0.271. The summed E-state index contributed by atoms with van der Waals surface area (Å²) < 4.78 is 5.23. The fourth-order valence-electron chi connectivity index (χ4n) is 0.972. The van der Waals surface area contributed by atoms with E-state index in [-0.39, 0.29) is 5.90 Å². The van der Waals surface area contributed by atoms with E-state index in [9.17, 15) is 0 Å². The molecule has 1 aliphatic heterocycles. The summed E-state index contributed by atoms with van der Waals surface area (Å²) in [4.78, 5) is 2.11. The zero-order chi connectivity index (χ0) is 10.4. The predicted octanol–water partition coefficient (Wildman–Crippen LogP) is 1.60. The molecule has 4 heteroatoms. The lowest BCUT2D eigenvalue weighted by Gasteiger charge is -2.09. The number of nitrogens with one attached hydrogen (secondary N) is 1. The molecule has 1 heterocycles. The van der Waals surface area contributed by atoms with Crippen molar-refractivity contribution in [3.63, 3.8) is 0 Å². The van der Waals surface area contributed by atoms with Crippen molar-refractivity contribution in [2.45, 2.75) is 11.7 Å². The summed E-state index contributed by atoms with van der Waals surface area (Å²) in [7, 11) is 4.07. The first-order valence-corrected chi connectivity index (χ1v) is 5.89. The summed E-state index contributed by atoms with van der Waals surface area (Å²) >= 11 is 1.90. The molecule has 14 heavy (non-hydrogen) atoms. The smallest absolute Gasteiger partial charge is 0.205 e. The topological polar surface area (TPSA) is 36.3 Å². The molecule has 3 nitrogen and oxygen atoms in total. The van der Waals surface area contributed by atoms with E-state index in [2.05, 4.69) is 4.90 Å². The minimum absolute atomic E-state index is 0.288. The van der Waals surface area contributed by atoms with Gasteiger partial charge in [0.25, 0.3) is 0 Å². The quantitative estimate of drug-likeness (QED) is 0.316. The normalized spacial score (nSPS) is 20.4. The molecule has 0 amide bonds. The minimum atomic E-state index is 0.288. The molecule has 1 fully saturated rings. The van der Waals surface area contributed by atoms with Crippen LogP contribution in [0.3, 0.4) is 0 Å². The molecule has 0 saturated carbocycles. The Balaban J connectivity index is 1.97. The molecule has 1 atom stereocenters. The van der Waals surface area contributed by atoms with Gasteiger partial charge in [-0.25, -0.2) is 0 Å². The highest BCUT2D eigenvalue weighted by molar-refractivity contribution is 8.07. The van der Waals surface area contributed by atoms with E-state index in [1.807, 2.05) is 31.9 Å². The second-order valence-electron chi connectivity index (χ2n) is 3.60. The highest BCUT2D eigenvalue weighted by Gasteiger charge is 2.18. The van der Waals surface area contributed by atoms with Crippen molar-refractivity contribution < 1.29 is 4.74 Å². The van der Waals surface area contributed by atoms with Crippen LogP contribution >= 0.6 is 11.8 Å². The maximum atomic E-state index is 7.46. The van der Waals surface area contributed by atoms with Gasteiger partial charge in [-0.15, -0.1) is 0 Å². The predicted molar refractivity (Wildman–Crippen MR) is 62.2 cm³/mol. The van der Waals surface area contributed by atoms with Crippen molar-refractivity contribution in [2.24, 2.45) is 0 Å². The standard InChI is InChI=1S/C10H18N2OS/c1-12(2)6-3-7-13-10(11)5-4-9-8-14-9/h4-5,9,11H,3,6-8H2,1-2H3/b5-4-,11-10?. The maximum Gasteiger partial charge on any atom is 0.205 e. The molecule has 0 aromatic heterocycles. The molecule has 1 saturated heterocycles. The van der Waals surface area contributed by atoms with Crippen LogP contribution in [-0.4, -0.2) is 49.0 Å². The van der Waals surface area contributed by atoms with Gasteiger partial charge in [0, 0.05) is 17.5 Å². The average molecular weight is 214 g/mol. The van der Waals surface area contributed by atoms with Crippen molar-refractivity contribution in [1.29, 1.82) is 5.41 Å². The van der Waals surface area contributed by atoms with Gasteiger partial charge in [0.15, 0.2) is 0 Å². The van der Waals surface area contributed by atoms with E-state index in [4.69, 9.17) is 10.1 Å². The first-order valence-electron chi connectivity index (χ1n) is 4.84. The highest BCUT2D eigenvalue weighted by atomic mass is 32.2. The number of hydrogen-bond donors (Lipinski definition) is 1. The fraction of sp³-hybridized carbons (Fsp3) is 0.700. The lowest BCUT2D eigenvalue weighted by atomic mass is 10.4. The molecule has 1 unspecified atom stereocenters. The molecule has 1 aliphatic rings. The summed E-state index contributed by atoms with van der Waals surface area (Å²) in [5, 5.41) is 8.10. The Kier molecular flexibility index (Phi) is 5.04. The number of ether oxygens (including phenoxy) is 1. The van der Waals surface area contributed by atoms with Gasteiger partial charge in [-0.3, -0.25) is 5.41 Å². The summed E-state index contributed by atoms with van der Waals surface area (Å²) in [6.07, 6.45) is 4.78. The van der Waals surface area contributed by atoms with Gasteiger partial charge in [0.1, 0.15) is 0 Å². The number of thioether (sulfide) groups is 1. The first kappa shape index (κ1) is 11.6. The summed E-state index contributed by atoms with van der Waals surface area (Å²) in [6, 6.07) is 0. The second kappa shape index (κ2) is 6.09. The summed E-state index contributed by atoms with van der Waals surface area (Å²) in [5.74, 6) is 1.49. The van der Waals surface area contributed by atoms with Gasteiger partial charge < -0.3 is 9.64 Å². The number of hydrogen-bond acceptors (Lipinski definition) is 4. The molecular formula is C10H18N2OS. The Hall–Kier alpha value is -0.480. The SMILES string of the molecule is CN(C)CCCOC(=N)/C=C\C1CS1. The Morgan fingerprint density at radius 2 is 2.36 bits per heavy atom. The van der Waals surface area contributed by atoms with Crippen LogP contribution in [0.15, 0.2) is 12.2 Å². The molecule has 1 N–H and O–H groups in total. The van der Waals surface area contributed by atoms with Crippen LogP contribution in [0.5, 0.6) is 0 Å². The molecule has 0 aliphatic carbocycles. The zero-order valence-electron chi connectivity index (χ0n) is 8.82. The molecule has 0 spiro atoms. The van der Waals surface area contributed by atoms with Crippen LogP contribution in [-0.2, 0) is 4.74 Å². The third-order valence-corrected chi connectivity index (χ3v) is 2.70. The van der Waals surface area contributed by atoms with E-state index < -0.39 is 0 Å². The van der Waals surface area contributed by atoms with Crippen LogP contribution in [0, 0.1) is 5.41 Å².